The molecule has 6 heteroatoms. The van der Waals surface area contributed by atoms with Crippen molar-refractivity contribution in [1.29, 1.82) is 0 Å². The number of nitrogens with one attached hydrogen (secondary N) is 1. The Morgan fingerprint density at radius 3 is 2.68 bits per heavy atom. The van der Waals surface area contributed by atoms with Gasteiger partial charge < -0.3 is 19.4 Å². The Balaban J connectivity index is 1.45. The summed E-state index contributed by atoms with van der Waals surface area (Å²) in [7, 11) is 0. The summed E-state index contributed by atoms with van der Waals surface area (Å²) in [6.07, 6.45) is 4.92. The number of benzene rings is 1. The SMILES string of the molecule is O=C(O)c1coc(C(=O)N2CCC(c3c[nH]c4ccccc34)CC2)c1. The van der Waals surface area contributed by atoms with Crippen LogP contribution in [0.3, 0.4) is 0 Å². The number of carbonyl (C=O) groups excluding carboxylic acids is 1. The van der Waals surface area contributed by atoms with Crippen LogP contribution in [-0.2, 0) is 0 Å². The number of para-hydroxylation sites is 1. The zero-order valence-corrected chi connectivity index (χ0v) is 13.6. The van der Waals surface area contributed by atoms with Crippen LogP contribution >= 0.6 is 0 Å². The third-order valence-electron chi connectivity index (χ3n) is 4.90. The topological polar surface area (TPSA) is 86.5 Å². The lowest BCUT2D eigenvalue weighted by Gasteiger charge is -2.31. The van der Waals surface area contributed by atoms with Gasteiger partial charge in [-0.2, -0.15) is 0 Å². The van der Waals surface area contributed by atoms with Crippen molar-refractivity contribution in [2.45, 2.75) is 18.8 Å². The zero-order valence-electron chi connectivity index (χ0n) is 13.6. The van der Waals surface area contributed by atoms with Gasteiger partial charge in [-0.25, -0.2) is 4.79 Å². The number of aromatic nitrogens is 1. The van der Waals surface area contributed by atoms with Crippen molar-refractivity contribution >= 4 is 22.8 Å². The fraction of sp³-hybridized carbons (Fsp3) is 0.263. The molecule has 0 spiro atoms. The van der Waals surface area contributed by atoms with Crippen LogP contribution < -0.4 is 0 Å². The number of rotatable bonds is 3. The van der Waals surface area contributed by atoms with Crippen LogP contribution in [0.25, 0.3) is 10.9 Å². The summed E-state index contributed by atoms with van der Waals surface area (Å²) in [4.78, 5) is 28.4. The van der Waals surface area contributed by atoms with Gasteiger partial charge in [0.25, 0.3) is 5.91 Å². The summed E-state index contributed by atoms with van der Waals surface area (Å²) in [5.41, 5.74) is 2.43. The number of carbonyl (C=O) groups is 2. The standard InChI is InChI=1S/C19H18N2O4/c22-18(17-9-13(11-25-17)19(23)24)21-7-5-12(6-8-21)15-10-20-16-4-2-1-3-14(15)16/h1-4,9-12,20H,5-8H2,(H,23,24). The number of H-pyrrole nitrogens is 1. The number of hydrogen-bond donors (Lipinski definition) is 2. The number of hydrogen-bond acceptors (Lipinski definition) is 3. The monoisotopic (exact) mass is 338 g/mol. The molecule has 1 saturated heterocycles. The molecule has 0 bridgehead atoms. The van der Waals surface area contributed by atoms with Crippen molar-refractivity contribution in [3.05, 3.63) is 59.7 Å². The van der Waals surface area contributed by atoms with Gasteiger partial charge in [-0.15, -0.1) is 0 Å². The van der Waals surface area contributed by atoms with Gasteiger partial charge in [0.1, 0.15) is 6.26 Å². The first-order valence-electron chi connectivity index (χ1n) is 8.30. The van der Waals surface area contributed by atoms with E-state index >= 15 is 0 Å². The number of fused-ring (bicyclic) bond motifs is 1. The minimum absolute atomic E-state index is 0.00275. The van der Waals surface area contributed by atoms with E-state index in [1.807, 2.05) is 12.1 Å². The van der Waals surface area contributed by atoms with E-state index in [2.05, 4.69) is 23.3 Å². The maximum atomic E-state index is 12.5. The van der Waals surface area contributed by atoms with Crippen molar-refractivity contribution in [3.63, 3.8) is 0 Å². The van der Waals surface area contributed by atoms with Gasteiger partial charge in [0.05, 0.1) is 5.56 Å². The first kappa shape index (κ1) is 15.5. The molecule has 1 fully saturated rings. The predicted octanol–water partition coefficient (Wildman–Crippen LogP) is 3.48. The van der Waals surface area contributed by atoms with Gasteiger partial charge >= 0.3 is 5.97 Å². The maximum Gasteiger partial charge on any atom is 0.338 e. The van der Waals surface area contributed by atoms with Crippen LogP contribution in [0.4, 0.5) is 0 Å². The summed E-state index contributed by atoms with van der Waals surface area (Å²) in [5, 5.41) is 10.2. The van der Waals surface area contributed by atoms with E-state index in [1.165, 1.54) is 17.0 Å². The second kappa shape index (κ2) is 6.12. The number of piperidine rings is 1. The summed E-state index contributed by atoms with van der Waals surface area (Å²) in [6, 6.07) is 9.52. The Hall–Kier alpha value is -3.02. The lowest BCUT2D eigenvalue weighted by molar-refractivity contribution is 0.0677. The van der Waals surface area contributed by atoms with Gasteiger partial charge in [0.15, 0.2) is 5.76 Å². The maximum absolute atomic E-state index is 12.5. The van der Waals surface area contributed by atoms with Crippen LogP contribution in [0.1, 0.15) is 45.2 Å². The molecule has 0 radical (unpaired) electrons. The molecular formula is C19H18N2O4. The number of likely N-dealkylation sites (tertiary alicyclic amines) is 1. The van der Waals surface area contributed by atoms with Crippen LogP contribution in [0.5, 0.6) is 0 Å². The Labute approximate surface area is 144 Å². The molecule has 3 aromatic rings. The Bertz CT molecular complexity index is 932. The molecule has 128 valence electrons. The molecule has 0 unspecified atom stereocenters. The first-order valence-corrected chi connectivity index (χ1v) is 8.30. The molecule has 2 aromatic heterocycles. The molecule has 1 amide bonds. The average molecular weight is 338 g/mol. The smallest absolute Gasteiger partial charge is 0.338 e. The fourth-order valence-electron chi connectivity index (χ4n) is 3.54. The molecule has 1 aliphatic heterocycles. The highest BCUT2D eigenvalue weighted by atomic mass is 16.4. The van der Waals surface area contributed by atoms with E-state index < -0.39 is 5.97 Å². The largest absolute Gasteiger partial charge is 0.478 e. The van der Waals surface area contributed by atoms with E-state index in [1.54, 1.807) is 4.90 Å². The van der Waals surface area contributed by atoms with Crippen molar-refractivity contribution in [3.8, 4) is 0 Å². The fourth-order valence-corrected chi connectivity index (χ4v) is 3.54. The summed E-state index contributed by atoms with van der Waals surface area (Å²) >= 11 is 0. The number of furan rings is 1. The molecule has 0 atom stereocenters. The summed E-state index contributed by atoms with van der Waals surface area (Å²) < 4.78 is 5.12. The number of nitrogens with zero attached hydrogens (tertiary/aromatic N) is 1. The molecule has 0 saturated carbocycles. The molecular weight excluding hydrogens is 320 g/mol. The number of carboxylic acid groups (broad SMARTS) is 1. The minimum atomic E-state index is -1.10. The molecule has 25 heavy (non-hydrogen) atoms. The number of aromatic amines is 1. The van der Waals surface area contributed by atoms with Crippen molar-refractivity contribution in [2.24, 2.45) is 0 Å². The highest BCUT2D eigenvalue weighted by molar-refractivity contribution is 5.95. The van der Waals surface area contributed by atoms with Crippen LogP contribution in [0.15, 0.2) is 47.2 Å². The second-order valence-corrected chi connectivity index (χ2v) is 6.36. The Morgan fingerprint density at radius 2 is 1.96 bits per heavy atom. The van der Waals surface area contributed by atoms with Crippen LogP contribution in [-0.4, -0.2) is 40.0 Å². The molecule has 4 rings (SSSR count). The zero-order chi connectivity index (χ0) is 17.4. The van der Waals surface area contributed by atoms with E-state index in [9.17, 15) is 9.59 Å². The van der Waals surface area contributed by atoms with Crippen LogP contribution in [0.2, 0.25) is 0 Å². The van der Waals surface area contributed by atoms with E-state index in [0.29, 0.717) is 19.0 Å². The van der Waals surface area contributed by atoms with E-state index in [4.69, 9.17) is 9.52 Å². The number of amides is 1. The van der Waals surface area contributed by atoms with E-state index in [-0.39, 0.29) is 17.2 Å². The second-order valence-electron chi connectivity index (χ2n) is 6.36. The van der Waals surface area contributed by atoms with Gasteiger partial charge in [-0.3, -0.25) is 4.79 Å². The average Bonchev–Trinajstić information content (AvgIpc) is 3.29. The third-order valence-corrected chi connectivity index (χ3v) is 4.90. The lowest BCUT2D eigenvalue weighted by atomic mass is 9.89. The molecule has 3 heterocycles. The van der Waals surface area contributed by atoms with Crippen molar-refractivity contribution in [2.75, 3.05) is 13.1 Å². The molecule has 6 nitrogen and oxygen atoms in total. The van der Waals surface area contributed by atoms with Gasteiger partial charge in [0.2, 0.25) is 0 Å². The van der Waals surface area contributed by atoms with Crippen molar-refractivity contribution < 1.29 is 19.1 Å². The predicted molar refractivity (Wildman–Crippen MR) is 91.8 cm³/mol. The summed E-state index contributed by atoms with van der Waals surface area (Å²) in [5.74, 6) is -0.847. The molecule has 1 aromatic carbocycles. The molecule has 2 N–H and O–H groups in total. The Kier molecular flexibility index (Phi) is 3.80. The van der Waals surface area contributed by atoms with Crippen LogP contribution in [0, 0.1) is 0 Å². The van der Waals surface area contributed by atoms with Crippen molar-refractivity contribution in [1.82, 2.24) is 9.88 Å². The van der Waals surface area contributed by atoms with Gasteiger partial charge in [0, 0.05) is 36.3 Å². The lowest BCUT2D eigenvalue weighted by Crippen LogP contribution is -2.37. The first-order chi connectivity index (χ1) is 12.1. The summed E-state index contributed by atoms with van der Waals surface area (Å²) in [6.45, 7) is 1.26. The highest BCUT2D eigenvalue weighted by Gasteiger charge is 2.27. The quantitative estimate of drug-likeness (QED) is 0.765. The third kappa shape index (κ3) is 2.80. The minimum Gasteiger partial charge on any atom is -0.478 e. The van der Waals surface area contributed by atoms with Gasteiger partial charge in [-0.05, 0) is 30.4 Å². The van der Waals surface area contributed by atoms with Gasteiger partial charge in [-0.1, -0.05) is 18.2 Å². The number of carboxylic acids is 1. The Morgan fingerprint density at radius 1 is 1.20 bits per heavy atom. The number of aromatic carboxylic acids is 1. The normalized spacial score (nSPS) is 15.6. The highest BCUT2D eigenvalue weighted by Crippen LogP contribution is 2.33. The molecule has 0 aliphatic carbocycles. The van der Waals surface area contributed by atoms with E-state index in [0.717, 1.165) is 24.6 Å². The molecule has 1 aliphatic rings.